The zero-order chi connectivity index (χ0) is 17.8. The van der Waals surface area contributed by atoms with E-state index in [1.807, 2.05) is 0 Å². The van der Waals surface area contributed by atoms with Crippen LogP contribution in [0.4, 0.5) is 17.2 Å². The van der Waals surface area contributed by atoms with Crippen molar-refractivity contribution in [2.45, 2.75) is 0 Å². The zero-order valence-corrected chi connectivity index (χ0v) is 13.7. The predicted molar refractivity (Wildman–Crippen MR) is 92.3 cm³/mol. The molecule has 3 N–H and O–H groups in total. The summed E-state index contributed by atoms with van der Waals surface area (Å²) < 4.78 is 0. The summed E-state index contributed by atoms with van der Waals surface area (Å²) in [6.07, 6.45) is 1.22. The predicted octanol–water partition coefficient (Wildman–Crippen LogP) is 1.53. The van der Waals surface area contributed by atoms with Crippen molar-refractivity contribution in [1.29, 1.82) is 0 Å². The molecule has 9 heteroatoms. The second kappa shape index (κ2) is 7.29. The number of hydrogen-bond donors (Lipinski definition) is 3. The van der Waals surface area contributed by atoms with E-state index in [2.05, 4.69) is 20.8 Å². The molecular formula is C16H14ClN5O3. The number of aliphatic hydroxyl groups excluding tert-OH is 1. The number of rotatable bonds is 6. The molecular weight excluding hydrogens is 346 g/mol. The topological polar surface area (TPSA) is 107 Å². The molecule has 0 spiro atoms. The molecule has 2 amide bonds. The lowest BCUT2D eigenvalue weighted by atomic mass is 10.2. The van der Waals surface area contributed by atoms with Crippen LogP contribution >= 0.6 is 11.6 Å². The molecule has 8 nitrogen and oxygen atoms in total. The number of benzene rings is 1. The van der Waals surface area contributed by atoms with Gasteiger partial charge in [-0.1, -0.05) is 11.6 Å². The van der Waals surface area contributed by atoms with Crippen LogP contribution in [-0.4, -0.2) is 45.2 Å². The molecule has 2 heterocycles. The summed E-state index contributed by atoms with van der Waals surface area (Å²) >= 11 is 5.68. The fourth-order valence-electron chi connectivity index (χ4n) is 2.23. The Balaban J connectivity index is 1.65. The Morgan fingerprint density at radius 1 is 1.00 bits per heavy atom. The van der Waals surface area contributed by atoms with Gasteiger partial charge in [-0.3, -0.25) is 14.5 Å². The first kappa shape index (κ1) is 16.9. The highest BCUT2D eigenvalue weighted by atomic mass is 35.5. The average molecular weight is 360 g/mol. The highest BCUT2D eigenvalue weighted by Gasteiger charge is 2.30. The molecule has 2 aromatic rings. The Hall–Kier alpha value is -2.97. The second-order valence-corrected chi connectivity index (χ2v) is 5.53. The van der Waals surface area contributed by atoms with Crippen molar-refractivity contribution in [3.05, 3.63) is 53.3 Å². The molecule has 0 bridgehead atoms. The number of aromatic nitrogens is 2. The Morgan fingerprint density at radius 2 is 1.68 bits per heavy atom. The second-order valence-electron chi connectivity index (χ2n) is 5.15. The molecule has 1 aromatic heterocycles. The minimum atomic E-state index is -0.460. The Labute approximate surface area is 148 Å². The van der Waals surface area contributed by atoms with E-state index in [-0.39, 0.29) is 18.8 Å². The summed E-state index contributed by atoms with van der Waals surface area (Å²) in [5, 5.41) is 22.8. The van der Waals surface area contributed by atoms with Gasteiger partial charge in [-0.25, -0.2) is 0 Å². The van der Waals surface area contributed by atoms with Gasteiger partial charge in [0.05, 0.1) is 13.2 Å². The van der Waals surface area contributed by atoms with Crippen molar-refractivity contribution in [2.75, 3.05) is 23.8 Å². The molecule has 0 saturated heterocycles. The van der Waals surface area contributed by atoms with Crippen LogP contribution in [0.2, 0.25) is 5.15 Å². The first-order chi connectivity index (χ1) is 12.1. The molecule has 0 fully saturated rings. The van der Waals surface area contributed by atoms with E-state index in [0.717, 1.165) is 10.6 Å². The SMILES string of the molecule is O=C1C=C(Nc2ccc(Nc3ccc(Cl)nn3)cc2)C(=O)N1CCO. The minimum Gasteiger partial charge on any atom is -0.395 e. The third-order valence-electron chi connectivity index (χ3n) is 3.40. The number of nitrogens with one attached hydrogen (secondary N) is 2. The van der Waals surface area contributed by atoms with Gasteiger partial charge in [0.15, 0.2) is 11.0 Å². The van der Waals surface area contributed by atoms with Gasteiger partial charge in [0.2, 0.25) is 0 Å². The molecule has 0 aliphatic carbocycles. The fourth-order valence-corrected chi connectivity index (χ4v) is 2.33. The molecule has 25 heavy (non-hydrogen) atoms. The number of aliphatic hydroxyl groups is 1. The molecule has 1 aliphatic rings. The largest absolute Gasteiger partial charge is 0.395 e. The summed E-state index contributed by atoms with van der Waals surface area (Å²) in [5.74, 6) is -0.358. The summed E-state index contributed by atoms with van der Waals surface area (Å²) in [6.45, 7) is -0.295. The summed E-state index contributed by atoms with van der Waals surface area (Å²) in [6, 6.07) is 10.4. The summed E-state index contributed by atoms with van der Waals surface area (Å²) in [7, 11) is 0. The lowest BCUT2D eigenvalue weighted by Gasteiger charge is -2.13. The van der Waals surface area contributed by atoms with Gasteiger partial charge in [-0.15, -0.1) is 10.2 Å². The van der Waals surface area contributed by atoms with E-state index in [1.165, 1.54) is 6.08 Å². The van der Waals surface area contributed by atoms with Crippen molar-refractivity contribution >= 4 is 40.6 Å². The normalized spacial score (nSPS) is 13.8. The van der Waals surface area contributed by atoms with E-state index in [4.69, 9.17) is 16.7 Å². The average Bonchev–Trinajstić information content (AvgIpc) is 2.86. The maximum Gasteiger partial charge on any atom is 0.277 e. The highest BCUT2D eigenvalue weighted by molar-refractivity contribution is 6.29. The van der Waals surface area contributed by atoms with Gasteiger partial charge < -0.3 is 15.7 Å². The van der Waals surface area contributed by atoms with Gasteiger partial charge in [0.25, 0.3) is 11.8 Å². The number of nitrogens with zero attached hydrogens (tertiary/aromatic N) is 3. The minimum absolute atomic E-state index is 0.0235. The van der Waals surface area contributed by atoms with Crippen LogP contribution < -0.4 is 10.6 Å². The fraction of sp³-hybridized carbons (Fsp3) is 0.125. The molecule has 1 aromatic carbocycles. The Bertz CT molecular complexity index is 821. The maximum atomic E-state index is 12.1. The number of imide groups is 1. The Kier molecular flexibility index (Phi) is 4.92. The van der Waals surface area contributed by atoms with Crippen LogP contribution in [0.3, 0.4) is 0 Å². The van der Waals surface area contributed by atoms with Gasteiger partial charge in [-0.2, -0.15) is 0 Å². The molecule has 0 radical (unpaired) electrons. The monoisotopic (exact) mass is 359 g/mol. The van der Waals surface area contributed by atoms with E-state index in [1.54, 1.807) is 36.4 Å². The van der Waals surface area contributed by atoms with E-state index >= 15 is 0 Å². The lowest BCUT2D eigenvalue weighted by molar-refractivity contribution is -0.137. The summed E-state index contributed by atoms with van der Waals surface area (Å²) in [5.41, 5.74) is 1.58. The highest BCUT2D eigenvalue weighted by Crippen LogP contribution is 2.21. The molecule has 0 unspecified atom stereocenters. The number of anilines is 3. The molecule has 128 valence electrons. The molecule has 0 atom stereocenters. The van der Waals surface area contributed by atoms with Crippen molar-refractivity contribution in [2.24, 2.45) is 0 Å². The first-order valence-corrected chi connectivity index (χ1v) is 7.76. The smallest absolute Gasteiger partial charge is 0.277 e. The van der Waals surface area contributed by atoms with Crippen LogP contribution in [0, 0.1) is 0 Å². The number of halogens is 1. The lowest BCUT2D eigenvalue weighted by Crippen LogP contribution is -2.34. The van der Waals surface area contributed by atoms with Crippen LogP contribution in [0.5, 0.6) is 0 Å². The third kappa shape index (κ3) is 3.93. The van der Waals surface area contributed by atoms with Gasteiger partial charge in [0, 0.05) is 17.5 Å². The van der Waals surface area contributed by atoms with Gasteiger partial charge >= 0.3 is 0 Å². The van der Waals surface area contributed by atoms with Crippen LogP contribution in [0.15, 0.2) is 48.2 Å². The Morgan fingerprint density at radius 3 is 2.28 bits per heavy atom. The third-order valence-corrected chi connectivity index (χ3v) is 3.60. The number of β-amino-alcohol motifs (C(OH)–C–C–N with tert-alkyl or cyclic N) is 1. The van der Waals surface area contributed by atoms with Crippen LogP contribution in [-0.2, 0) is 9.59 Å². The number of amides is 2. The molecule has 0 saturated carbocycles. The molecule has 1 aliphatic heterocycles. The van der Waals surface area contributed by atoms with Crippen molar-refractivity contribution < 1.29 is 14.7 Å². The van der Waals surface area contributed by atoms with Gasteiger partial charge in [-0.05, 0) is 36.4 Å². The standard InChI is InChI=1S/C16H14ClN5O3/c17-13-5-6-14(21-20-13)19-11-3-1-10(2-4-11)18-12-9-15(24)22(7-8-23)16(12)25/h1-6,9,18,23H,7-8H2,(H,19,21). The van der Waals surface area contributed by atoms with E-state index < -0.39 is 11.8 Å². The quantitative estimate of drug-likeness (QED) is 0.671. The van der Waals surface area contributed by atoms with Crippen LogP contribution in [0.1, 0.15) is 0 Å². The van der Waals surface area contributed by atoms with Crippen molar-refractivity contribution in [1.82, 2.24) is 15.1 Å². The van der Waals surface area contributed by atoms with Crippen LogP contribution in [0.25, 0.3) is 0 Å². The number of carbonyl (C=O) groups excluding carboxylic acids is 2. The van der Waals surface area contributed by atoms with Crippen molar-refractivity contribution in [3.8, 4) is 0 Å². The van der Waals surface area contributed by atoms with Crippen molar-refractivity contribution in [3.63, 3.8) is 0 Å². The van der Waals surface area contributed by atoms with E-state index in [9.17, 15) is 9.59 Å². The first-order valence-electron chi connectivity index (χ1n) is 7.38. The number of hydrogen-bond acceptors (Lipinski definition) is 7. The summed E-state index contributed by atoms with van der Waals surface area (Å²) in [4.78, 5) is 24.8. The molecule has 3 rings (SSSR count). The maximum absolute atomic E-state index is 12.1. The zero-order valence-electron chi connectivity index (χ0n) is 12.9. The van der Waals surface area contributed by atoms with E-state index in [0.29, 0.717) is 16.7 Å². The number of carbonyl (C=O) groups is 2. The van der Waals surface area contributed by atoms with Gasteiger partial charge in [0.1, 0.15) is 5.70 Å².